The van der Waals surface area contributed by atoms with E-state index in [1.165, 1.54) is 0 Å². The van der Waals surface area contributed by atoms with Gasteiger partial charge >= 0.3 is 0 Å². The van der Waals surface area contributed by atoms with Crippen molar-refractivity contribution in [2.45, 2.75) is 13.8 Å². The van der Waals surface area contributed by atoms with Crippen LogP contribution in [0.4, 0.5) is 5.69 Å². The van der Waals surface area contributed by atoms with Crippen molar-refractivity contribution >= 4 is 17.6 Å². The van der Waals surface area contributed by atoms with E-state index >= 15 is 0 Å². The van der Waals surface area contributed by atoms with Crippen LogP contribution in [0.15, 0.2) is 29.3 Å². The molecule has 0 aliphatic carbocycles. The number of hydrogen-bond acceptors (Lipinski definition) is 4. The van der Waals surface area contributed by atoms with Crippen molar-refractivity contribution in [1.82, 2.24) is 15.1 Å². The van der Waals surface area contributed by atoms with Crippen LogP contribution in [-0.2, 0) is 4.79 Å². The summed E-state index contributed by atoms with van der Waals surface area (Å²) < 4.78 is 5.49. The topological polar surface area (TPSA) is 60.4 Å². The molecule has 0 radical (unpaired) electrons. The van der Waals surface area contributed by atoms with E-state index in [9.17, 15) is 4.79 Å². The fourth-order valence-corrected chi connectivity index (χ4v) is 2.90. The quantitative estimate of drug-likeness (QED) is 0.603. The van der Waals surface area contributed by atoms with Crippen molar-refractivity contribution in [3.8, 4) is 5.75 Å². The third-order valence-electron chi connectivity index (χ3n) is 4.54. The number of carbonyl (C=O) groups excluding carboxylic acids is 1. The Labute approximate surface area is 163 Å². The summed E-state index contributed by atoms with van der Waals surface area (Å²) in [5, 5.41) is 3.42. The van der Waals surface area contributed by atoms with Gasteiger partial charge in [-0.2, -0.15) is 0 Å². The van der Waals surface area contributed by atoms with Gasteiger partial charge in [0.25, 0.3) is 0 Å². The smallest absolute Gasteiger partial charge is 0.243 e. The summed E-state index contributed by atoms with van der Waals surface area (Å²) in [5.41, 5.74) is 1.12. The van der Waals surface area contributed by atoms with Crippen molar-refractivity contribution in [3.05, 3.63) is 24.3 Å². The van der Waals surface area contributed by atoms with Crippen molar-refractivity contribution in [1.29, 1.82) is 0 Å². The number of aliphatic imine (C=N–C) groups is 1. The van der Waals surface area contributed by atoms with E-state index in [2.05, 4.69) is 40.0 Å². The molecule has 1 fully saturated rings. The number of guanidine groups is 1. The maximum atomic E-state index is 11.9. The minimum absolute atomic E-state index is 0.00602. The lowest BCUT2D eigenvalue weighted by Gasteiger charge is -2.38. The molecule has 1 aliphatic heterocycles. The van der Waals surface area contributed by atoms with E-state index in [4.69, 9.17) is 4.74 Å². The Kier molecular flexibility index (Phi) is 7.76. The molecule has 1 aromatic rings. The normalized spacial score (nSPS) is 15.1. The number of rotatable bonds is 6. The molecule has 1 aromatic carbocycles. The molecule has 0 spiro atoms. The summed E-state index contributed by atoms with van der Waals surface area (Å²) in [5.74, 6) is 2.23. The summed E-state index contributed by atoms with van der Waals surface area (Å²) in [6, 6.07) is 8.11. The highest BCUT2D eigenvalue weighted by molar-refractivity contribution is 5.85. The lowest BCUT2D eigenvalue weighted by Crippen LogP contribution is -2.53. The molecular weight excluding hydrogens is 342 g/mol. The van der Waals surface area contributed by atoms with Crippen LogP contribution in [0.5, 0.6) is 5.75 Å². The molecule has 7 heteroatoms. The number of ether oxygens (including phenoxy) is 1. The van der Waals surface area contributed by atoms with Crippen LogP contribution in [0.1, 0.15) is 13.8 Å². The predicted octanol–water partition coefficient (Wildman–Crippen LogP) is 1.51. The number of hydrogen-bond donors (Lipinski definition) is 1. The Morgan fingerprint density at radius 3 is 2.48 bits per heavy atom. The van der Waals surface area contributed by atoms with Gasteiger partial charge < -0.3 is 24.8 Å². The third-order valence-corrected chi connectivity index (χ3v) is 4.54. The minimum Gasteiger partial charge on any atom is -0.495 e. The lowest BCUT2D eigenvalue weighted by atomic mass is 10.2. The highest BCUT2D eigenvalue weighted by Crippen LogP contribution is 2.28. The van der Waals surface area contributed by atoms with Crippen LogP contribution < -0.4 is 15.0 Å². The zero-order valence-corrected chi connectivity index (χ0v) is 17.2. The second kappa shape index (κ2) is 10.0. The van der Waals surface area contributed by atoms with Crippen LogP contribution >= 0.6 is 0 Å². The van der Waals surface area contributed by atoms with Gasteiger partial charge in [0.1, 0.15) is 12.3 Å². The monoisotopic (exact) mass is 375 g/mol. The number of nitrogens with one attached hydrogen (secondary N) is 1. The van der Waals surface area contributed by atoms with E-state index in [1.54, 1.807) is 26.1 Å². The van der Waals surface area contributed by atoms with Crippen LogP contribution in [-0.4, -0.2) is 82.1 Å². The zero-order valence-electron chi connectivity index (χ0n) is 17.2. The molecule has 7 nitrogen and oxygen atoms in total. The summed E-state index contributed by atoms with van der Waals surface area (Å²) in [6.45, 7) is 8.78. The molecule has 1 N–H and O–H groups in total. The number of likely N-dealkylation sites (N-methyl/N-ethyl adjacent to an activating group) is 1. The van der Waals surface area contributed by atoms with E-state index in [0.717, 1.165) is 50.1 Å². The maximum Gasteiger partial charge on any atom is 0.243 e. The first-order chi connectivity index (χ1) is 12.9. The van der Waals surface area contributed by atoms with Gasteiger partial charge in [-0.15, -0.1) is 0 Å². The highest BCUT2D eigenvalue weighted by atomic mass is 16.5. The summed E-state index contributed by atoms with van der Waals surface area (Å²) in [6.07, 6.45) is 0. The van der Waals surface area contributed by atoms with E-state index in [1.807, 2.05) is 18.2 Å². The first kappa shape index (κ1) is 20.9. The number of anilines is 1. The molecule has 1 saturated heterocycles. The van der Waals surface area contributed by atoms with Gasteiger partial charge in [0.2, 0.25) is 5.91 Å². The van der Waals surface area contributed by atoms with E-state index < -0.39 is 0 Å². The van der Waals surface area contributed by atoms with Crippen LogP contribution in [0.2, 0.25) is 0 Å². The number of para-hydroxylation sites is 2. The number of carbonyl (C=O) groups is 1. The zero-order chi connectivity index (χ0) is 19.8. The number of piperazine rings is 1. The van der Waals surface area contributed by atoms with Gasteiger partial charge in [-0.3, -0.25) is 4.79 Å². The number of methoxy groups -OCH3 is 1. The molecule has 150 valence electrons. The molecule has 27 heavy (non-hydrogen) atoms. The number of nitrogens with zero attached hydrogens (tertiary/aromatic N) is 4. The van der Waals surface area contributed by atoms with E-state index in [0.29, 0.717) is 5.92 Å². The van der Waals surface area contributed by atoms with Gasteiger partial charge in [-0.05, 0) is 18.1 Å². The first-order valence-electron chi connectivity index (χ1n) is 9.53. The maximum absolute atomic E-state index is 11.9. The molecular formula is C20H33N5O2. The Bertz CT molecular complexity index is 637. The van der Waals surface area contributed by atoms with Crippen LogP contribution in [0.3, 0.4) is 0 Å². The van der Waals surface area contributed by atoms with Gasteiger partial charge in [0.05, 0.1) is 12.8 Å². The van der Waals surface area contributed by atoms with Gasteiger partial charge in [0.15, 0.2) is 5.96 Å². The number of benzene rings is 1. The van der Waals surface area contributed by atoms with Crippen molar-refractivity contribution in [2.24, 2.45) is 10.9 Å². The standard InChI is InChI=1S/C20H33N5O2/c1-16(2)14-21-20(22-15-19(26)23(3)4)25-12-10-24(11-13-25)17-8-6-7-9-18(17)27-5/h6-9,16H,10-15H2,1-5H3,(H,21,22). The Morgan fingerprint density at radius 1 is 1.22 bits per heavy atom. The molecule has 0 bridgehead atoms. The second-order valence-electron chi connectivity index (χ2n) is 7.35. The van der Waals surface area contributed by atoms with Crippen molar-refractivity contribution in [3.63, 3.8) is 0 Å². The fourth-order valence-electron chi connectivity index (χ4n) is 2.90. The van der Waals surface area contributed by atoms with E-state index in [-0.39, 0.29) is 12.5 Å². The highest BCUT2D eigenvalue weighted by Gasteiger charge is 2.22. The molecule has 0 atom stereocenters. The Hall–Kier alpha value is -2.44. The predicted molar refractivity (Wildman–Crippen MR) is 111 cm³/mol. The van der Waals surface area contributed by atoms with Gasteiger partial charge in [-0.25, -0.2) is 4.99 Å². The fraction of sp³-hybridized carbons (Fsp3) is 0.600. The Morgan fingerprint density at radius 2 is 1.89 bits per heavy atom. The summed E-state index contributed by atoms with van der Waals surface area (Å²) >= 11 is 0. The van der Waals surface area contributed by atoms with Crippen molar-refractivity contribution < 1.29 is 9.53 Å². The number of amides is 1. The molecule has 0 saturated carbocycles. The molecule has 1 amide bonds. The minimum atomic E-state index is 0.00602. The second-order valence-corrected chi connectivity index (χ2v) is 7.35. The Balaban J connectivity index is 2.03. The molecule has 0 aromatic heterocycles. The molecule has 2 rings (SSSR count). The summed E-state index contributed by atoms with van der Waals surface area (Å²) in [4.78, 5) is 22.6. The average molecular weight is 376 g/mol. The lowest BCUT2D eigenvalue weighted by molar-refractivity contribution is -0.127. The largest absolute Gasteiger partial charge is 0.495 e. The van der Waals surface area contributed by atoms with Crippen LogP contribution in [0.25, 0.3) is 0 Å². The van der Waals surface area contributed by atoms with Gasteiger partial charge in [-0.1, -0.05) is 26.0 Å². The first-order valence-corrected chi connectivity index (χ1v) is 9.53. The average Bonchev–Trinajstić information content (AvgIpc) is 2.67. The van der Waals surface area contributed by atoms with Crippen molar-refractivity contribution in [2.75, 3.05) is 65.4 Å². The molecule has 1 aliphatic rings. The summed E-state index contributed by atoms with van der Waals surface area (Å²) in [7, 11) is 5.22. The van der Waals surface area contributed by atoms with Crippen LogP contribution in [0, 0.1) is 5.92 Å². The SMILES string of the molecule is COc1ccccc1N1CCN(C(=NCC(=O)N(C)C)NCC(C)C)CC1. The molecule has 0 unspecified atom stereocenters. The third kappa shape index (κ3) is 6.05. The van der Waals surface area contributed by atoms with Gasteiger partial charge in [0, 0.05) is 46.8 Å². The molecule has 1 heterocycles.